The van der Waals surface area contributed by atoms with E-state index in [1.807, 2.05) is 23.6 Å². The minimum Gasteiger partial charge on any atom is -0.491 e. The number of fused-ring (bicyclic) bond motifs is 1. The summed E-state index contributed by atoms with van der Waals surface area (Å²) < 4.78 is 5.69. The molecule has 0 saturated heterocycles. The molecule has 0 bridgehead atoms. The first-order valence-electron chi connectivity index (χ1n) is 11.3. The molecule has 1 unspecified atom stereocenters. The Balaban J connectivity index is 1.49. The zero-order valence-electron chi connectivity index (χ0n) is 19.5. The number of rotatable bonds is 10. The van der Waals surface area contributed by atoms with Crippen LogP contribution in [0.25, 0.3) is 21.3 Å². The van der Waals surface area contributed by atoms with Crippen LogP contribution >= 0.6 is 34.5 Å². The van der Waals surface area contributed by atoms with E-state index in [0.29, 0.717) is 50.8 Å². The van der Waals surface area contributed by atoms with Gasteiger partial charge in [-0.25, -0.2) is 4.98 Å². The summed E-state index contributed by atoms with van der Waals surface area (Å²) in [6, 6.07) is 14.5. The Morgan fingerprint density at radius 1 is 1.11 bits per heavy atom. The van der Waals surface area contributed by atoms with Gasteiger partial charge < -0.3 is 14.8 Å². The van der Waals surface area contributed by atoms with E-state index >= 15 is 0 Å². The number of nitrogens with one attached hydrogen (secondary N) is 1. The molecule has 0 radical (unpaired) electrons. The van der Waals surface area contributed by atoms with Crippen molar-refractivity contribution in [2.24, 2.45) is 5.92 Å². The predicted molar refractivity (Wildman–Crippen MR) is 144 cm³/mol. The first-order chi connectivity index (χ1) is 16.8. The molecule has 9 heteroatoms. The van der Waals surface area contributed by atoms with Crippen molar-refractivity contribution >= 4 is 44.8 Å². The van der Waals surface area contributed by atoms with E-state index in [2.05, 4.69) is 23.7 Å². The second-order valence-corrected chi connectivity index (χ2v) is 10.6. The number of aliphatic hydroxyl groups is 1. The van der Waals surface area contributed by atoms with Gasteiger partial charge >= 0.3 is 0 Å². The Labute approximate surface area is 218 Å². The topological polar surface area (TPSA) is 78.5 Å². The van der Waals surface area contributed by atoms with E-state index in [0.717, 1.165) is 17.7 Å². The van der Waals surface area contributed by atoms with E-state index in [1.165, 1.54) is 11.3 Å². The third kappa shape index (κ3) is 6.84. The van der Waals surface area contributed by atoms with Gasteiger partial charge in [-0.15, -0.1) is 11.3 Å². The number of aromatic amines is 1. The Hall–Kier alpha value is -2.42. The molecule has 6 nitrogen and oxygen atoms in total. The molecule has 0 fully saturated rings. The van der Waals surface area contributed by atoms with Gasteiger partial charge in [0.25, 0.3) is 5.56 Å². The zero-order valence-corrected chi connectivity index (χ0v) is 21.8. The Morgan fingerprint density at radius 3 is 2.60 bits per heavy atom. The number of ether oxygens (including phenoxy) is 1. The fraction of sp³-hybridized carbons (Fsp3) is 0.308. The third-order valence-electron chi connectivity index (χ3n) is 5.35. The maximum Gasteiger partial charge on any atom is 0.260 e. The number of aromatic nitrogens is 2. The minimum atomic E-state index is -0.712. The lowest BCUT2D eigenvalue weighted by Gasteiger charge is -2.26. The lowest BCUT2D eigenvalue weighted by Crippen LogP contribution is -2.38. The Morgan fingerprint density at radius 2 is 1.89 bits per heavy atom. The van der Waals surface area contributed by atoms with Gasteiger partial charge in [-0.05, 0) is 47.9 Å². The Kier molecular flexibility index (Phi) is 8.46. The number of nitrogens with zero attached hydrogens (tertiary/aromatic N) is 2. The first kappa shape index (κ1) is 25.7. The van der Waals surface area contributed by atoms with Gasteiger partial charge in [0.1, 0.15) is 29.1 Å². The van der Waals surface area contributed by atoms with E-state index in [4.69, 9.17) is 32.9 Å². The average Bonchev–Trinajstić information content (AvgIpc) is 3.23. The van der Waals surface area contributed by atoms with Gasteiger partial charge in [-0.3, -0.25) is 9.69 Å². The minimum absolute atomic E-state index is 0.146. The van der Waals surface area contributed by atoms with Crippen LogP contribution in [-0.2, 0) is 6.54 Å². The van der Waals surface area contributed by atoms with Crippen molar-refractivity contribution in [3.63, 3.8) is 0 Å². The van der Waals surface area contributed by atoms with Gasteiger partial charge in [0.2, 0.25) is 0 Å². The van der Waals surface area contributed by atoms with E-state index in [1.54, 1.807) is 30.3 Å². The summed E-state index contributed by atoms with van der Waals surface area (Å²) >= 11 is 13.5. The Bertz CT molecular complexity index is 1340. The second-order valence-electron chi connectivity index (χ2n) is 8.86. The van der Waals surface area contributed by atoms with E-state index < -0.39 is 6.10 Å². The highest BCUT2D eigenvalue weighted by Gasteiger charge is 2.18. The van der Waals surface area contributed by atoms with Crippen molar-refractivity contribution in [1.82, 2.24) is 14.9 Å². The first-order valence-corrected chi connectivity index (χ1v) is 13.0. The molecule has 2 aromatic heterocycles. The van der Waals surface area contributed by atoms with Gasteiger partial charge in [0.15, 0.2) is 0 Å². The summed E-state index contributed by atoms with van der Waals surface area (Å²) in [6.45, 7) is 5.89. The van der Waals surface area contributed by atoms with Crippen molar-refractivity contribution in [3.8, 4) is 16.9 Å². The fourth-order valence-electron chi connectivity index (χ4n) is 3.94. The molecule has 2 heterocycles. The molecule has 0 aliphatic carbocycles. The predicted octanol–water partition coefficient (Wildman–Crippen LogP) is 5.86. The van der Waals surface area contributed by atoms with Gasteiger partial charge in [-0.2, -0.15) is 0 Å². The molecular formula is C26H27Cl2N3O3S. The van der Waals surface area contributed by atoms with Crippen LogP contribution in [0, 0.1) is 5.92 Å². The maximum absolute atomic E-state index is 13.0. The summed E-state index contributed by atoms with van der Waals surface area (Å²) in [4.78, 5) is 23.5. The molecule has 2 N–H and O–H groups in total. The smallest absolute Gasteiger partial charge is 0.260 e. The number of thiophene rings is 1. The van der Waals surface area contributed by atoms with Crippen molar-refractivity contribution in [3.05, 3.63) is 80.1 Å². The summed E-state index contributed by atoms with van der Waals surface area (Å²) in [6.07, 6.45) is -0.712. The number of hydrogen-bond donors (Lipinski definition) is 2. The second kappa shape index (κ2) is 11.5. The molecule has 2 aromatic carbocycles. The molecule has 35 heavy (non-hydrogen) atoms. The van der Waals surface area contributed by atoms with Crippen LogP contribution in [0.4, 0.5) is 0 Å². The zero-order chi connectivity index (χ0) is 24.9. The molecule has 0 spiro atoms. The van der Waals surface area contributed by atoms with Crippen LogP contribution in [0.2, 0.25) is 10.0 Å². The molecule has 4 aromatic rings. The number of H-pyrrole nitrogens is 1. The molecular weight excluding hydrogens is 505 g/mol. The van der Waals surface area contributed by atoms with Crippen LogP contribution in [0.15, 0.2) is 58.7 Å². The van der Waals surface area contributed by atoms with Gasteiger partial charge in [0, 0.05) is 34.1 Å². The highest BCUT2D eigenvalue weighted by molar-refractivity contribution is 7.17. The lowest BCUT2D eigenvalue weighted by atomic mass is 10.1. The highest BCUT2D eigenvalue weighted by Crippen LogP contribution is 2.32. The SMILES string of the molecule is CC(C)CN(Cc1nc2scc(-c3cccc(Cl)c3)c2c(=O)[nH]1)CC(O)COc1ccc(Cl)cc1. The van der Waals surface area contributed by atoms with Crippen molar-refractivity contribution < 1.29 is 9.84 Å². The third-order valence-corrected chi connectivity index (χ3v) is 6.71. The van der Waals surface area contributed by atoms with E-state index in [-0.39, 0.29) is 12.2 Å². The largest absolute Gasteiger partial charge is 0.491 e. The molecule has 1 atom stereocenters. The lowest BCUT2D eigenvalue weighted by molar-refractivity contribution is 0.0606. The number of halogens is 2. The fourth-order valence-corrected chi connectivity index (χ4v) is 5.23. The molecule has 184 valence electrons. The van der Waals surface area contributed by atoms with Crippen LogP contribution in [0.3, 0.4) is 0 Å². The molecule has 0 aliphatic heterocycles. The molecule has 0 amide bonds. The monoisotopic (exact) mass is 531 g/mol. The maximum atomic E-state index is 13.0. The van der Waals surface area contributed by atoms with Crippen molar-refractivity contribution in [2.45, 2.75) is 26.5 Å². The number of hydrogen-bond acceptors (Lipinski definition) is 6. The summed E-state index contributed by atoms with van der Waals surface area (Å²) in [5.41, 5.74) is 1.52. The van der Waals surface area contributed by atoms with Crippen molar-refractivity contribution in [1.29, 1.82) is 0 Å². The van der Waals surface area contributed by atoms with Gasteiger partial charge in [-0.1, -0.05) is 49.2 Å². The standard InChI is InChI=1S/C26H27Cl2N3O3S/c1-16(2)11-31(12-20(32)14-34-21-8-6-18(27)7-9-21)13-23-29-25(33)24-22(15-35-26(24)30-23)17-4-3-5-19(28)10-17/h3-10,15-16,20,32H,11-14H2,1-2H3,(H,29,30,33). The van der Waals surface area contributed by atoms with Crippen LogP contribution in [-0.4, -0.2) is 45.8 Å². The molecule has 0 saturated carbocycles. The average molecular weight is 532 g/mol. The van der Waals surface area contributed by atoms with Crippen LogP contribution < -0.4 is 10.3 Å². The number of aliphatic hydroxyl groups excluding tert-OH is 1. The van der Waals surface area contributed by atoms with Crippen LogP contribution in [0.1, 0.15) is 19.7 Å². The number of benzene rings is 2. The quantitative estimate of drug-likeness (QED) is 0.268. The summed E-state index contributed by atoms with van der Waals surface area (Å²) in [5, 5.41) is 14.4. The summed E-state index contributed by atoms with van der Waals surface area (Å²) in [7, 11) is 0. The molecule has 0 aliphatic rings. The van der Waals surface area contributed by atoms with E-state index in [9.17, 15) is 9.90 Å². The van der Waals surface area contributed by atoms with Crippen LogP contribution in [0.5, 0.6) is 5.75 Å². The summed E-state index contributed by atoms with van der Waals surface area (Å²) in [5.74, 6) is 1.58. The van der Waals surface area contributed by atoms with Crippen molar-refractivity contribution in [2.75, 3.05) is 19.7 Å². The normalized spacial score (nSPS) is 12.5. The highest BCUT2D eigenvalue weighted by atomic mass is 35.5. The van der Waals surface area contributed by atoms with Gasteiger partial charge in [0.05, 0.1) is 11.9 Å². The molecule has 4 rings (SSSR count).